The summed E-state index contributed by atoms with van der Waals surface area (Å²) in [5.41, 5.74) is 3.48. The Morgan fingerprint density at radius 2 is 1.85 bits per heavy atom. The van der Waals surface area contributed by atoms with Crippen molar-refractivity contribution in [3.8, 4) is 12.1 Å². The lowest BCUT2D eigenvalue weighted by atomic mass is 9.99. The van der Waals surface area contributed by atoms with Gasteiger partial charge in [0.15, 0.2) is 0 Å². The van der Waals surface area contributed by atoms with Crippen LogP contribution >= 0.6 is 0 Å². The molecule has 6 rings (SSSR count). The number of carbonyl (C=O) groups is 1. The van der Waals surface area contributed by atoms with Gasteiger partial charge in [0.2, 0.25) is 0 Å². The minimum absolute atomic E-state index is 0.0417. The van der Waals surface area contributed by atoms with E-state index in [1.54, 1.807) is 16.8 Å². The Kier molecular flexibility index (Phi) is 8.87. The lowest BCUT2D eigenvalue weighted by molar-refractivity contribution is 0.0132. The van der Waals surface area contributed by atoms with Gasteiger partial charge in [0.05, 0.1) is 37.3 Å². The van der Waals surface area contributed by atoms with Crippen molar-refractivity contribution in [1.29, 1.82) is 5.26 Å². The van der Waals surface area contributed by atoms with Gasteiger partial charge in [-0.3, -0.25) is 4.90 Å². The van der Waals surface area contributed by atoms with Gasteiger partial charge in [-0.15, -0.1) is 0 Å². The summed E-state index contributed by atoms with van der Waals surface area (Å²) in [5.74, 6) is -2.05. The number of rotatable bonds is 6. The number of aryl methyl sites for hydroxylation is 1. The predicted molar refractivity (Wildman–Crippen MR) is 176 cm³/mol. The Bertz CT molecular complexity index is 1680. The van der Waals surface area contributed by atoms with E-state index in [0.29, 0.717) is 38.4 Å². The maximum atomic E-state index is 14.1. The number of aromatic nitrogens is 2. The standard InChI is InChI=1S/C35H43F2N7O3/c1-23-8-6-9-24-10-7-11-29(30(23)24)42-15-13-27-28(20-42)39-32(46-21-26-18-35(36,37)22-41(26)5)40-31(27)43-16-17-44(25(19-43)12-14-38)33(45)47-34(2,3)4/h6-11,25-26H,12-13,15-22H2,1-5H3/t25-,26-/m0/s1. The fourth-order valence-corrected chi connectivity index (χ4v) is 6.99. The molecular weight excluding hydrogens is 604 g/mol. The third-order valence-corrected chi connectivity index (χ3v) is 9.23. The number of likely N-dealkylation sites (N-methyl/N-ethyl adjacent to an activating group) is 1. The number of halogens is 2. The van der Waals surface area contributed by atoms with Crippen LogP contribution in [0.5, 0.6) is 6.01 Å². The van der Waals surface area contributed by atoms with Crippen molar-refractivity contribution in [1.82, 2.24) is 19.8 Å². The Hall–Kier alpha value is -4.24. The molecule has 1 aromatic heterocycles. The first kappa shape index (κ1) is 32.7. The SMILES string of the molecule is Cc1cccc2cccc(N3CCc4c(nc(OC[C@@H]5CC(F)(F)CN5C)nc4N4CCN(C(=O)OC(C)(C)C)[C@@H](CC#N)C4)C3)c12. The van der Waals surface area contributed by atoms with Crippen LogP contribution in [0.4, 0.5) is 25.1 Å². The summed E-state index contributed by atoms with van der Waals surface area (Å²) in [5, 5.41) is 12.0. The van der Waals surface area contributed by atoms with E-state index in [9.17, 15) is 18.8 Å². The van der Waals surface area contributed by atoms with Crippen LogP contribution in [0.15, 0.2) is 36.4 Å². The number of amides is 1. The zero-order chi connectivity index (χ0) is 33.5. The average Bonchev–Trinajstić information content (AvgIpc) is 3.29. The fraction of sp³-hybridized carbons (Fsp3) is 0.543. The Labute approximate surface area is 274 Å². The molecule has 0 N–H and O–H groups in total. The molecule has 0 saturated carbocycles. The molecule has 0 radical (unpaired) electrons. The van der Waals surface area contributed by atoms with Crippen LogP contribution in [0.25, 0.3) is 10.8 Å². The van der Waals surface area contributed by atoms with E-state index in [-0.39, 0.29) is 32.0 Å². The van der Waals surface area contributed by atoms with Gasteiger partial charge < -0.3 is 24.2 Å². The maximum absolute atomic E-state index is 14.1. The van der Waals surface area contributed by atoms with E-state index in [1.807, 2.05) is 20.8 Å². The zero-order valence-electron chi connectivity index (χ0n) is 27.8. The Morgan fingerprint density at radius 1 is 1.09 bits per heavy atom. The third-order valence-electron chi connectivity index (χ3n) is 9.23. The molecule has 0 aliphatic carbocycles. The topological polar surface area (TPSA) is 98.1 Å². The predicted octanol–water partition coefficient (Wildman–Crippen LogP) is 5.56. The second-order valence-electron chi connectivity index (χ2n) is 14.0. The summed E-state index contributed by atoms with van der Waals surface area (Å²) in [4.78, 5) is 30.5. The molecule has 4 heterocycles. The number of fused-ring (bicyclic) bond motifs is 2. The summed E-state index contributed by atoms with van der Waals surface area (Å²) in [6.07, 6.45) is 0.102. The van der Waals surface area contributed by atoms with Crippen LogP contribution in [0.1, 0.15) is 50.4 Å². The smallest absolute Gasteiger partial charge is 0.410 e. The molecule has 1 amide bonds. The number of nitrogens with zero attached hydrogens (tertiary/aromatic N) is 7. The second-order valence-corrected chi connectivity index (χ2v) is 14.0. The van der Waals surface area contributed by atoms with E-state index < -0.39 is 29.7 Å². The number of nitriles is 1. The van der Waals surface area contributed by atoms with Crippen molar-refractivity contribution >= 4 is 28.4 Å². The number of ether oxygens (including phenoxy) is 2. The van der Waals surface area contributed by atoms with Crippen LogP contribution < -0.4 is 14.5 Å². The molecule has 2 fully saturated rings. The number of piperazine rings is 1. The molecule has 250 valence electrons. The zero-order valence-corrected chi connectivity index (χ0v) is 27.8. The first-order chi connectivity index (χ1) is 22.3. The quantitative estimate of drug-likeness (QED) is 0.341. The molecule has 3 aromatic rings. The van der Waals surface area contributed by atoms with Crippen molar-refractivity contribution < 1.29 is 23.0 Å². The van der Waals surface area contributed by atoms with E-state index in [2.05, 4.69) is 59.2 Å². The normalized spacial score (nSPS) is 21.4. The summed E-state index contributed by atoms with van der Waals surface area (Å²) in [6.45, 7) is 9.82. The van der Waals surface area contributed by atoms with Crippen molar-refractivity contribution in [3.63, 3.8) is 0 Å². The fourth-order valence-electron chi connectivity index (χ4n) is 6.99. The van der Waals surface area contributed by atoms with E-state index in [1.165, 1.54) is 16.3 Å². The summed E-state index contributed by atoms with van der Waals surface area (Å²) < 4.78 is 40.0. The van der Waals surface area contributed by atoms with E-state index in [0.717, 1.165) is 23.5 Å². The first-order valence-corrected chi connectivity index (χ1v) is 16.3. The minimum Gasteiger partial charge on any atom is -0.462 e. The summed E-state index contributed by atoms with van der Waals surface area (Å²) >= 11 is 0. The van der Waals surface area contributed by atoms with Crippen LogP contribution in [0, 0.1) is 18.3 Å². The molecule has 10 nitrogen and oxygen atoms in total. The van der Waals surface area contributed by atoms with Gasteiger partial charge in [0.25, 0.3) is 5.92 Å². The molecule has 2 atom stereocenters. The number of anilines is 2. The number of likely N-dealkylation sites (tertiary alicyclic amines) is 1. The lowest BCUT2D eigenvalue weighted by Crippen LogP contribution is -2.56. The highest BCUT2D eigenvalue weighted by Gasteiger charge is 2.43. The molecule has 3 aliphatic heterocycles. The number of hydrogen-bond acceptors (Lipinski definition) is 9. The van der Waals surface area contributed by atoms with Crippen molar-refractivity contribution in [2.75, 3.05) is 56.2 Å². The average molecular weight is 648 g/mol. The van der Waals surface area contributed by atoms with Gasteiger partial charge in [-0.05, 0) is 58.2 Å². The highest BCUT2D eigenvalue weighted by molar-refractivity contribution is 5.97. The van der Waals surface area contributed by atoms with Crippen molar-refractivity contribution in [2.45, 2.75) is 77.1 Å². The van der Waals surface area contributed by atoms with Gasteiger partial charge >= 0.3 is 12.1 Å². The number of hydrogen-bond donors (Lipinski definition) is 0. The second kappa shape index (κ2) is 12.8. The number of benzene rings is 2. The molecule has 12 heteroatoms. The largest absolute Gasteiger partial charge is 0.462 e. The van der Waals surface area contributed by atoms with Gasteiger partial charge in [-0.1, -0.05) is 30.3 Å². The van der Waals surface area contributed by atoms with Gasteiger partial charge in [-0.2, -0.15) is 15.2 Å². The summed E-state index contributed by atoms with van der Waals surface area (Å²) in [7, 11) is 1.68. The minimum atomic E-state index is -2.76. The van der Waals surface area contributed by atoms with Gasteiger partial charge in [0.1, 0.15) is 18.0 Å². The number of alkyl halides is 2. The molecular formula is C35H43F2N7O3. The Balaban J connectivity index is 1.32. The first-order valence-electron chi connectivity index (χ1n) is 16.3. The number of carbonyl (C=O) groups excluding carboxylic acids is 1. The van der Waals surface area contributed by atoms with E-state index >= 15 is 0 Å². The molecule has 0 spiro atoms. The molecule has 47 heavy (non-hydrogen) atoms. The highest BCUT2D eigenvalue weighted by atomic mass is 19.3. The lowest BCUT2D eigenvalue weighted by Gasteiger charge is -2.42. The van der Waals surface area contributed by atoms with Crippen molar-refractivity contribution in [3.05, 3.63) is 53.2 Å². The molecule has 2 aromatic carbocycles. The third kappa shape index (κ3) is 7.05. The molecule has 3 aliphatic rings. The summed E-state index contributed by atoms with van der Waals surface area (Å²) in [6, 6.07) is 14.1. The highest BCUT2D eigenvalue weighted by Crippen LogP contribution is 2.37. The van der Waals surface area contributed by atoms with Crippen LogP contribution in [0.2, 0.25) is 0 Å². The van der Waals surface area contributed by atoms with E-state index in [4.69, 9.17) is 19.4 Å². The van der Waals surface area contributed by atoms with Gasteiger partial charge in [-0.25, -0.2) is 13.6 Å². The molecule has 2 saturated heterocycles. The van der Waals surface area contributed by atoms with Crippen molar-refractivity contribution in [2.24, 2.45) is 0 Å². The van der Waals surface area contributed by atoms with Crippen LogP contribution in [-0.2, 0) is 17.7 Å². The molecule has 0 unspecified atom stereocenters. The van der Waals surface area contributed by atoms with Gasteiger partial charge in [0, 0.05) is 55.3 Å². The van der Waals surface area contributed by atoms with Crippen LogP contribution in [-0.4, -0.2) is 95.8 Å². The monoisotopic (exact) mass is 647 g/mol. The molecule has 0 bridgehead atoms. The maximum Gasteiger partial charge on any atom is 0.410 e. The van der Waals surface area contributed by atoms with Crippen LogP contribution in [0.3, 0.4) is 0 Å². The Morgan fingerprint density at radius 3 is 2.55 bits per heavy atom.